The number of nitrogens with one attached hydrogen (secondary N) is 3. The molecule has 0 aliphatic carbocycles. The number of alkyl carbamates (subject to hydrolysis) is 1. The first-order valence-electron chi connectivity index (χ1n) is 13.4. The minimum Gasteiger partial charge on any atom is -0.481 e. The molecule has 0 saturated heterocycles. The van der Waals surface area contributed by atoms with E-state index in [4.69, 9.17) is 19.3 Å². The maximum absolute atomic E-state index is 13.2. The summed E-state index contributed by atoms with van der Waals surface area (Å²) in [5.41, 5.74) is 2.59. The standard InChI is InChI=1S/C31H29N3O10/c35-27(36)15-26(29(38)39)33-28(37)25(34-30(40)42-17-19-7-3-1-4-8-19)13-21-16-32-24-12-11-22(14-23(21)24)44-31(41)43-18-20-9-5-2-6-10-20/h1-12,14,16,25-26,32H,13,15,17-18H2,(H,33,37)(H,34,40)(H,35,36)(H,38,39)/t25-,26-/m0/s1. The Morgan fingerprint density at radius 2 is 1.41 bits per heavy atom. The molecule has 1 aromatic heterocycles. The van der Waals surface area contributed by atoms with Gasteiger partial charge in [0.15, 0.2) is 0 Å². The lowest BCUT2D eigenvalue weighted by Crippen LogP contribution is -2.53. The number of benzene rings is 3. The Hall–Kier alpha value is -5.85. The van der Waals surface area contributed by atoms with E-state index < -0.39 is 48.6 Å². The van der Waals surface area contributed by atoms with Gasteiger partial charge in [-0.05, 0) is 34.9 Å². The van der Waals surface area contributed by atoms with Crippen molar-refractivity contribution in [3.63, 3.8) is 0 Å². The highest BCUT2D eigenvalue weighted by atomic mass is 16.7. The fourth-order valence-corrected chi connectivity index (χ4v) is 4.22. The van der Waals surface area contributed by atoms with Crippen molar-refractivity contribution in [2.75, 3.05) is 0 Å². The highest BCUT2D eigenvalue weighted by Gasteiger charge is 2.29. The Morgan fingerprint density at radius 1 is 0.773 bits per heavy atom. The Morgan fingerprint density at radius 3 is 2.02 bits per heavy atom. The number of hydrogen-bond donors (Lipinski definition) is 5. The molecule has 2 atom stereocenters. The SMILES string of the molecule is O=C(O)C[C@H](NC(=O)[C@H](Cc1c[nH]c2ccc(OC(=O)OCc3ccccc3)cc12)NC(=O)OCc1ccccc1)C(=O)O. The van der Waals surface area contributed by atoms with E-state index in [-0.39, 0.29) is 25.4 Å². The van der Waals surface area contributed by atoms with Crippen molar-refractivity contribution in [3.05, 3.63) is 102 Å². The summed E-state index contributed by atoms with van der Waals surface area (Å²) < 4.78 is 15.7. The van der Waals surface area contributed by atoms with Crippen LogP contribution in [0, 0.1) is 0 Å². The van der Waals surface area contributed by atoms with Gasteiger partial charge in [0.2, 0.25) is 5.91 Å². The molecule has 0 fully saturated rings. The molecular formula is C31H29N3O10. The molecule has 13 nitrogen and oxygen atoms in total. The summed E-state index contributed by atoms with van der Waals surface area (Å²) in [7, 11) is 0. The molecule has 2 amide bonds. The van der Waals surface area contributed by atoms with Crippen LogP contribution in [-0.4, -0.2) is 57.4 Å². The second-order valence-corrected chi connectivity index (χ2v) is 9.61. The molecule has 0 saturated carbocycles. The molecule has 0 unspecified atom stereocenters. The van der Waals surface area contributed by atoms with Crippen LogP contribution in [0.3, 0.4) is 0 Å². The van der Waals surface area contributed by atoms with Crippen molar-refractivity contribution in [2.24, 2.45) is 0 Å². The van der Waals surface area contributed by atoms with Crippen LogP contribution in [0.4, 0.5) is 9.59 Å². The zero-order chi connectivity index (χ0) is 31.5. The smallest absolute Gasteiger partial charge is 0.481 e. The lowest BCUT2D eigenvalue weighted by atomic mass is 10.0. The maximum Gasteiger partial charge on any atom is 0.514 e. The fraction of sp³-hybridized carbons (Fsp3) is 0.194. The minimum atomic E-state index is -1.74. The molecule has 4 aromatic rings. The van der Waals surface area contributed by atoms with Crippen molar-refractivity contribution in [3.8, 4) is 5.75 Å². The summed E-state index contributed by atoms with van der Waals surface area (Å²) in [5, 5.41) is 23.6. The number of H-pyrrole nitrogens is 1. The number of carboxylic acids is 2. The molecule has 228 valence electrons. The molecular weight excluding hydrogens is 574 g/mol. The van der Waals surface area contributed by atoms with Gasteiger partial charge in [0.05, 0.1) is 6.42 Å². The quantitative estimate of drug-likeness (QED) is 0.111. The summed E-state index contributed by atoms with van der Waals surface area (Å²) >= 11 is 0. The number of aromatic nitrogens is 1. The first kappa shape index (κ1) is 31.1. The van der Waals surface area contributed by atoms with Crippen LogP contribution in [0.5, 0.6) is 5.75 Å². The predicted molar refractivity (Wildman–Crippen MR) is 155 cm³/mol. The van der Waals surface area contributed by atoms with Crippen LogP contribution in [0.15, 0.2) is 85.1 Å². The number of aromatic amines is 1. The van der Waals surface area contributed by atoms with Gasteiger partial charge in [0.25, 0.3) is 0 Å². The molecule has 5 N–H and O–H groups in total. The lowest BCUT2D eigenvalue weighted by Gasteiger charge is -2.20. The first-order valence-corrected chi connectivity index (χ1v) is 13.4. The lowest BCUT2D eigenvalue weighted by molar-refractivity contribution is -0.147. The molecule has 4 rings (SSSR count). The van der Waals surface area contributed by atoms with E-state index in [9.17, 15) is 29.1 Å². The minimum absolute atomic E-state index is 0.0133. The third-order valence-electron chi connectivity index (χ3n) is 6.38. The van der Waals surface area contributed by atoms with E-state index in [0.717, 1.165) is 5.56 Å². The Bertz CT molecular complexity index is 1620. The van der Waals surface area contributed by atoms with E-state index >= 15 is 0 Å². The Balaban J connectivity index is 1.49. The van der Waals surface area contributed by atoms with Crippen molar-refractivity contribution in [1.29, 1.82) is 0 Å². The molecule has 3 aromatic carbocycles. The molecule has 0 aliphatic rings. The molecule has 0 bridgehead atoms. The number of ether oxygens (including phenoxy) is 3. The largest absolute Gasteiger partial charge is 0.514 e. The van der Waals surface area contributed by atoms with Gasteiger partial charge in [-0.15, -0.1) is 0 Å². The zero-order valence-electron chi connectivity index (χ0n) is 23.2. The Kier molecular flexibility index (Phi) is 10.5. The van der Waals surface area contributed by atoms with Gasteiger partial charge in [-0.3, -0.25) is 9.59 Å². The number of carbonyl (C=O) groups is 5. The van der Waals surface area contributed by atoms with Gasteiger partial charge < -0.3 is 40.0 Å². The molecule has 0 radical (unpaired) electrons. The van der Waals surface area contributed by atoms with Gasteiger partial charge in [0.1, 0.15) is 31.0 Å². The molecule has 0 spiro atoms. The van der Waals surface area contributed by atoms with Crippen LogP contribution >= 0.6 is 0 Å². The van der Waals surface area contributed by atoms with Gasteiger partial charge in [0, 0.05) is 23.5 Å². The number of amides is 2. The monoisotopic (exact) mass is 603 g/mol. The highest BCUT2D eigenvalue weighted by molar-refractivity contribution is 5.92. The number of fused-ring (bicyclic) bond motifs is 1. The number of carboxylic acid groups (broad SMARTS) is 2. The maximum atomic E-state index is 13.2. The third kappa shape index (κ3) is 9.08. The van der Waals surface area contributed by atoms with E-state index in [1.165, 1.54) is 6.07 Å². The summed E-state index contributed by atoms with van der Waals surface area (Å²) in [4.78, 5) is 63.8. The molecule has 44 heavy (non-hydrogen) atoms. The van der Waals surface area contributed by atoms with Gasteiger partial charge >= 0.3 is 24.2 Å². The van der Waals surface area contributed by atoms with Gasteiger partial charge in [-0.2, -0.15) is 0 Å². The number of aliphatic carboxylic acids is 2. The van der Waals surface area contributed by atoms with Gasteiger partial charge in [-0.1, -0.05) is 60.7 Å². The van der Waals surface area contributed by atoms with Gasteiger partial charge in [-0.25, -0.2) is 14.4 Å². The molecule has 1 heterocycles. The average Bonchev–Trinajstić information content (AvgIpc) is 3.40. The number of carbonyl (C=O) groups excluding carboxylic acids is 3. The third-order valence-corrected chi connectivity index (χ3v) is 6.38. The van der Waals surface area contributed by atoms with E-state index in [1.54, 1.807) is 60.8 Å². The number of hydrogen-bond acceptors (Lipinski definition) is 8. The van der Waals surface area contributed by atoms with Crippen LogP contribution in [0.2, 0.25) is 0 Å². The second kappa shape index (κ2) is 14.9. The summed E-state index contributed by atoms with van der Waals surface area (Å²) in [6, 6.07) is 19.5. The first-order chi connectivity index (χ1) is 21.2. The average molecular weight is 604 g/mol. The topological polar surface area (TPSA) is 193 Å². The van der Waals surface area contributed by atoms with Crippen LogP contribution in [-0.2, 0) is 43.5 Å². The predicted octanol–water partition coefficient (Wildman–Crippen LogP) is 3.77. The number of rotatable bonds is 13. The van der Waals surface area contributed by atoms with Crippen LogP contribution in [0.25, 0.3) is 10.9 Å². The van der Waals surface area contributed by atoms with Crippen molar-refractivity contribution in [2.45, 2.75) is 38.1 Å². The van der Waals surface area contributed by atoms with Crippen molar-refractivity contribution in [1.82, 2.24) is 15.6 Å². The normalized spacial score (nSPS) is 12.0. The Labute approximate surface area is 250 Å². The second-order valence-electron chi connectivity index (χ2n) is 9.61. The molecule has 0 aliphatic heterocycles. The molecule has 13 heteroatoms. The summed E-state index contributed by atoms with van der Waals surface area (Å²) in [6.45, 7) is -0.0781. The van der Waals surface area contributed by atoms with Crippen molar-refractivity contribution >= 4 is 41.0 Å². The fourth-order valence-electron chi connectivity index (χ4n) is 4.22. The summed E-state index contributed by atoms with van der Waals surface area (Å²) in [5.74, 6) is -3.78. The van der Waals surface area contributed by atoms with Crippen LogP contribution in [0.1, 0.15) is 23.1 Å². The summed E-state index contributed by atoms with van der Waals surface area (Å²) in [6.07, 6.45) is -1.34. The van der Waals surface area contributed by atoms with E-state index in [2.05, 4.69) is 15.6 Å². The van der Waals surface area contributed by atoms with E-state index in [0.29, 0.717) is 22.0 Å². The van der Waals surface area contributed by atoms with Crippen molar-refractivity contribution < 1.29 is 48.4 Å². The zero-order valence-corrected chi connectivity index (χ0v) is 23.2. The highest BCUT2D eigenvalue weighted by Crippen LogP contribution is 2.25. The van der Waals surface area contributed by atoms with Crippen LogP contribution < -0.4 is 15.4 Å². The van der Waals surface area contributed by atoms with E-state index in [1.807, 2.05) is 18.2 Å².